The van der Waals surface area contributed by atoms with E-state index in [1.165, 1.54) is 22.2 Å². The summed E-state index contributed by atoms with van der Waals surface area (Å²) in [5, 5.41) is 13.5. The molecule has 18 heavy (non-hydrogen) atoms. The zero-order chi connectivity index (χ0) is 12.7. The van der Waals surface area contributed by atoms with E-state index in [0.717, 1.165) is 10.2 Å². The number of rotatable bonds is 2. The molecule has 0 unspecified atom stereocenters. The van der Waals surface area contributed by atoms with E-state index in [2.05, 4.69) is 10.1 Å². The van der Waals surface area contributed by atoms with E-state index >= 15 is 0 Å². The SMILES string of the molecule is O=C(O)c1cnn(-c2nc3ccccc3s2)c1Cl. The first kappa shape index (κ1) is 11.2. The molecule has 0 spiro atoms. The van der Waals surface area contributed by atoms with Gasteiger partial charge in [-0.25, -0.2) is 9.78 Å². The van der Waals surface area contributed by atoms with Crippen LogP contribution in [0.5, 0.6) is 0 Å². The average Bonchev–Trinajstić information content (AvgIpc) is 2.91. The van der Waals surface area contributed by atoms with Gasteiger partial charge in [-0.3, -0.25) is 0 Å². The molecule has 0 atom stereocenters. The molecular formula is C11H6ClN3O2S. The molecule has 1 aromatic carbocycles. The number of carbonyl (C=O) groups is 1. The van der Waals surface area contributed by atoms with Crippen LogP contribution in [0, 0.1) is 0 Å². The highest BCUT2D eigenvalue weighted by Crippen LogP contribution is 2.27. The van der Waals surface area contributed by atoms with Gasteiger partial charge in [-0.15, -0.1) is 0 Å². The van der Waals surface area contributed by atoms with Gasteiger partial charge in [0.05, 0.1) is 16.4 Å². The fourth-order valence-electron chi connectivity index (χ4n) is 1.56. The van der Waals surface area contributed by atoms with Gasteiger partial charge in [-0.2, -0.15) is 9.78 Å². The minimum Gasteiger partial charge on any atom is -0.478 e. The van der Waals surface area contributed by atoms with Gasteiger partial charge in [0.1, 0.15) is 10.7 Å². The van der Waals surface area contributed by atoms with Crippen LogP contribution in [0.25, 0.3) is 15.3 Å². The number of nitrogens with zero attached hydrogens (tertiary/aromatic N) is 3. The predicted molar refractivity (Wildman–Crippen MR) is 68.7 cm³/mol. The zero-order valence-corrected chi connectivity index (χ0v) is 10.4. The normalized spacial score (nSPS) is 10.9. The van der Waals surface area contributed by atoms with Crippen LogP contribution in [-0.4, -0.2) is 25.8 Å². The Kier molecular flexibility index (Phi) is 2.53. The Labute approximate surface area is 110 Å². The third-order valence-electron chi connectivity index (χ3n) is 2.40. The summed E-state index contributed by atoms with van der Waals surface area (Å²) < 4.78 is 2.33. The van der Waals surface area contributed by atoms with Gasteiger partial charge >= 0.3 is 5.97 Å². The molecule has 3 aromatic rings. The summed E-state index contributed by atoms with van der Waals surface area (Å²) in [5.74, 6) is -1.10. The van der Waals surface area contributed by atoms with E-state index in [0.29, 0.717) is 5.13 Å². The van der Waals surface area contributed by atoms with Crippen LogP contribution in [0.2, 0.25) is 5.15 Å². The smallest absolute Gasteiger partial charge is 0.340 e. The van der Waals surface area contributed by atoms with E-state index in [1.54, 1.807) is 0 Å². The molecular weight excluding hydrogens is 274 g/mol. The lowest BCUT2D eigenvalue weighted by Gasteiger charge is -1.96. The Morgan fingerprint density at radius 1 is 1.39 bits per heavy atom. The Balaban J connectivity index is 2.17. The molecule has 0 radical (unpaired) electrons. The lowest BCUT2D eigenvalue weighted by molar-refractivity contribution is 0.0697. The second kappa shape index (κ2) is 4.08. The molecule has 0 saturated heterocycles. The number of thiazole rings is 1. The van der Waals surface area contributed by atoms with Crippen molar-refractivity contribution in [2.45, 2.75) is 0 Å². The fourth-order valence-corrected chi connectivity index (χ4v) is 2.79. The van der Waals surface area contributed by atoms with Crippen molar-refractivity contribution in [1.82, 2.24) is 14.8 Å². The number of benzene rings is 1. The van der Waals surface area contributed by atoms with Gasteiger partial charge in [-0.05, 0) is 12.1 Å². The number of carboxylic acid groups (broad SMARTS) is 1. The highest BCUT2D eigenvalue weighted by Gasteiger charge is 2.17. The molecule has 0 aliphatic carbocycles. The number of hydrogen-bond donors (Lipinski definition) is 1. The maximum Gasteiger partial charge on any atom is 0.340 e. The third kappa shape index (κ3) is 1.66. The van der Waals surface area contributed by atoms with Crippen molar-refractivity contribution in [3.8, 4) is 5.13 Å². The summed E-state index contributed by atoms with van der Waals surface area (Å²) in [7, 11) is 0. The first-order valence-corrected chi connectivity index (χ1v) is 6.19. The zero-order valence-electron chi connectivity index (χ0n) is 8.87. The molecule has 0 aliphatic rings. The van der Waals surface area contributed by atoms with E-state index in [9.17, 15) is 4.79 Å². The number of para-hydroxylation sites is 1. The fraction of sp³-hybridized carbons (Fsp3) is 0. The number of carboxylic acids is 1. The molecule has 2 heterocycles. The highest BCUT2D eigenvalue weighted by atomic mass is 35.5. The largest absolute Gasteiger partial charge is 0.478 e. The van der Waals surface area contributed by atoms with Crippen molar-refractivity contribution in [2.24, 2.45) is 0 Å². The Bertz CT molecular complexity index is 717. The molecule has 0 amide bonds. The van der Waals surface area contributed by atoms with E-state index in [4.69, 9.17) is 16.7 Å². The molecule has 2 aromatic heterocycles. The van der Waals surface area contributed by atoms with Gasteiger partial charge in [0.25, 0.3) is 0 Å². The quantitative estimate of drug-likeness (QED) is 0.783. The Hall–Kier alpha value is -1.92. The van der Waals surface area contributed by atoms with Gasteiger partial charge in [0, 0.05) is 0 Å². The third-order valence-corrected chi connectivity index (χ3v) is 3.78. The van der Waals surface area contributed by atoms with Gasteiger partial charge in [0.15, 0.2) is 0 Å². The van der Waals surface area contributed by atoms with Crippen LogP contribution in [0.1, 0.15) is 10.4 Å². The van der Waals surface area contributed by atoms with Crippen LogP contribution >= 0.6 is 22.9 Å². The molecule has 3 rings (SSSR count). The lowest BCUT2D eigenvalue weighted by atomic mass is 10.3. The summed E-state index contributed by atoms with van der Waals surface area (Å²) in [5.41, 5.74) is 0.803. The maximum atomic E-state index is 10.9. The molecule has 0 saturated carbocycles. The molecule has 0 bridgehead atoms. The maximum absolute atomic E-state index is 10.9. The van der Waals surface area contributed by atoms with Crippen molar-refractivity contribution in [2.75, 3.05) is 0 Å². The second-order valence-corrected chi connectivity index (χ2v) is 4.90. The molecule has 7 heteroatoms. The van der Waals surface area contributed by atoms with Gasteiger partial charge in [-0.1, -0.05) is 35.1 Å². The van der Waals surface area contributed by atoms with Crippen molar-refractivity contribution >= 4 is 39.1 Å². The molecule has 90 valence electrons. The summed E-state index contributed by atoms with van der Waals surface area (Å²) in [6.45, 7) is 0. The summed E-state index contributed by atoms with van der Waals surface area (Å²) in [6.07, 6.45) is 1.22. The monoisotopic (exact) mass is 279 g/mol. The van der Waals surface area contributed by atoms with Gasteiger partial charge in [0.2, 0.25) is 5.13 Å². The van der Waals surface area contributed by atoms with Gasteiger partial charge < -0.3 is 5.11 Å². The van der Waals surface area contributed by atoms with Crippen LogP contribution in [0.3, 0.4) is 0 Å². The first-order valence-electron chi connectivity index (χ1n) is 4.99. The van der Waals surface area contributed by atoms with Crippen LogP contribution in [0.15, 0.2) is 30.5 Å². The number of fused-ring (bicyclic) bond motifs is 1. The van der Waals surface area contributed by atoms with Crippen molar-refractivity contribution in [3.63, 3.8) is 0 Å². The minimum absolute atomic E-state index is 0.0316. The minimum atomic E-state index is -1.10. The number of halogens is 1. The van der Waals surface area contributed by atoms with Crippen LogP contribution < -0.4 is 0 Å². The number of hydrogen-bond acceptors (Lipinski definition) is 4. The summed E-state index contributed by atoms with van der Waals surface area (Å²) in [6, 6.07) is 7.62. The molecule has 0 fully saturated rings. The van der Waals surface area contributed by atoms with Crippen molar-refractivity contribution in [1.29, 1.82) is 0 Å². The molecule has 1 N–H and O–H groups in total. The number of aromatic nitrogens is 3. The Morgan fingerprint density at radius 3 is 2.83 bits per heavy atom. The average molecular weight is 280 g/mol. The van der Waals surface area contributed by atoms with E-state index in [-0.39, 0.29) is 10.7 Å². The summed E-state index contributed by atoms with van der Waals surface area (Å²) in [4.78, 5) is 15.2. The second-order valence-electron chi connectivity index (χ2n) is 3.53. The standard InChI is InChI=1S/C11H6ClN3O2S/c12-9-6(10(16)17)5-13-15(9)11-14-7-3-1-2-4-8(7)18-11/h1-5H,(H,16,17). The predicted octanol–water partition coefficient (Wildman–Crippen LogP) is 2.83. The van der Waals surface area contributed by atoms with Crippen molar-refractivity contribution < 1.29 is 9.90 Å². The van der Waals surface area contributed by atoms with Crippen LogP contribution in [0.4, 0.5) is 0 Å². The molecule has 5 nitrogen and oxygen atoms in total. The topological polar surface area (TPSA) is 68.0 Å². The van der Waals surface area contributed by atoms with Crippen LogP contribution in [-0.2, 0) is 0 Å². The first-order chi connectivity index (χ1) is 8.66. The molecule has 0 aliphatic heterocycles. The van der Waals surface area contributed by atoms with E-state index in [1.807, 2.05) is 24.3 Å². The van der Waals surface area contributed by atoms with E-state index < -0.39 is 5.97 Å². The number of aromatic carboxylic acids is 1. The Morgan fingerprint density at radius 2 is 2.17 bits per heavy atom. The summed E-state index contributed by atoms with van der Waals surface area (Å²) >= 11 is 7.37. The van der Waals surface area contributed by atoms with Crippen molar-refractivity contribution in [3.05, 3.63) is 41.2 Å². The lowest BCUT2D eigenvalue weighted by Crippen LogP contribution is -1.98. The highest BCUT2D eigenvalue weighted by molar-refractivity contribution is 7.20.